The molecular weight excluding hydrogens is 368 g/mol. The van der Waals surface area contributed by atoms with Crippen molar-refractivity contribution >= 4 is 27.5 Å². The lowest BCUT2D eigenvalue weighted by atomic mass is 10.1. The summed E-state index contributed by atoms with van der Waals surface area (Å²) in [5.74, 6) is 0.569. The standard InChI is InChI=1S/C23H20N2O2S/c26-22(24-15-14-23-25-19-11-5-7-13-21(19)28-23)16-27-20-12-6-4-10-18(20)17-8-2-1-3-9-17/h1-13H,14-16H2,(H,24,26). The monoisotopic (exact) mass is 388 g/mol. The van der Waals surface area contributed by atoms with Gasteiger partial charge in [0.2, 0.25) is 0 Å². The molecule has 0 radical (unpaired) electrons. The van der Waals surface area contributed by atoms with E-state index in [0.717, 1.165) is 21.7 Å². The number of aromatic nitrogens is 1. The summed E-state index contributed by atoms with van der Waals surface area (Å²) in [6.45, 7) is 0.534. The van der Waals surface area contributed by atoms with E-state index in [1.165, 1.54) is 4.70 Å². The highest BCUT2D eigenvalue weighted by Gasteiger charge is 2.09. The lowest BCUT2D eigenvalue weighted by Gasteiger charge is -2.11. The maximum absolute atomic E-state index is 12.2. The molecule has 1 amide bonds. The SMILES string of the molecule is O=C(COc1ccccc1-c1ccccc1)NCCc1nc2ccccc2s1. The fourth-order valence-corrected chi connectivity index (χ4v) is 3.95. The first-order valence-corrected chi connectivity index (χ1v) is 9.99. The van der Waals surface area contributed by atoms with Crippen molar-refractivity contribution < 1.29 is 9.53 Å². The van der Waals surface area contributed by atoms with Crippen LogP contribution in [0, 0.1) is 0 Å². The van der Waals surface area contributed by atoms with E-state index < -0.39 is 0 Å². The van der Waals surface area contributed by atoms with Crippen molar-refractivity contribution in [2.75, 3.05) is 13.2 Å². The van der Waals surface area contributed by atoms with Gasteiger partial charge in [-0.2, -0.15) is 0 Å². The predicted octanol–water partition coefficient (Wildman–Crippen LogP) is 4.70. The largest absolute Gasteiger partial charge is 0.483 e. The Bertz CT molecular complexity index is 1040. The lowest BCUT2D eigenvalue weighted by molar-refractivity contribution is -0.123. The van der Waals surface area contributed by atoms with Gasteiger partial charge in [0.15, 0.2) is 6.61 Å². The van der Waals surface area contributed by atoms with Crippen LogP contribution in [0.25, 0.3) is 21.3 Å². The van der Waals surface area contributed by atoms with E-state index in [1.807, 2.05) is 72.8 Å². The number of hydrogen-bond acceptors (Lipinski definition) is 4. The third-order valence-electron chi connectivity index (χ3n) is 4.33. The van der Waals surface area contributed by atoms with E-state index in [1.54, 1.807) is 11.3 Å². The number of hydrogen-bond donors (Lipinski definition) is 1. The molecule has 0 atom stereocenters. The van der Waals surface area contributed by atoms with E-state index in [2.05, 4.69) is 16.4 Å². The number of fused-ring (bicyclic) bond motifs is 1. The highest BCUT2D eigenvalue weighted by Crippen LogP contribution is 2.29. The molecule has 0 aliphatic heterocycles. The van der Waals surface area contributed by atoms with Crippen molar-refractivity contribution in [3.63, 3.8) is 0 Å². The average molecular weight is 388 g/mol. The number of carbonyl (C=O) groups excluding carboxylic acids is 1. The van der Waals surface area contributed by atoms with Crippen molar-refractivity contribution in [3.8, 4) is 16.9 Å². The molecule has 1 N–H and O–H groups in total. The molecule has 4 aromatic rings. The lowest BCUT2D eigenvalue weighted by Crippen LogP contribution is -2.30. The van der Waals surface area contributed by atoms with Crippen LogP contribution in [0.2, 0.25) is 0 Å². The van der Waals surface area contributed by atoms with Crippen molar-refractivity contribution in [1.29, 1.82) is 0 Å². The Morgan fingerprint density at radius 1 is 0.929 bits per heavy atom. The number of nitrogens with one attached hydrogen (secondary N) is 1. The summed E-state index contributed by atoms with van der Waals surface area (Å²) < 4.78 is 6.95. The van der Waals surface area contributed by atoms with Crippen LogP contribution < -0.4 is 10.1 Å². The van der Waals surface area contributed by atoms with Crippen LogP contribution in [0.4, 0.5) is 0 Å². The maximum atomic E-state index is 12.2. The van der Waals surface area contributed by atoms with Crippen LogP contribution in [0.3, 0.4) is 0 Å². The number of carbonyl (C=O) groups is 1. The summed E-state index contributed by atoms with van der Waals surface area (Å²) in [7, 11) is 0. The van der Waals surface area contributed by atoms with Crippen LogP contribution >= 0.6 is 11.3 Å². The second-order valence-corrected chi connectivity index (χ2v) is 7.44. The Balaban J connectivity index is 1.30. The first kappa shape index (κ1) is 18.2. The molecule has 0 spiro atoms. The number of amides is 1. The van der Waals surface area contributed by atoms with Gasteiger partial charge < -0.3 is 10.1 Å². The first-order valence-electron chi connectivity index (χ1n) is 9.18. The van der Waals surface area contributed by atoms with Crippen molar-refractivity contribution in [2.24, 2.45) is 0 Å². The third kappa shape index (κ3) is 4.38. The van der Waals surface area contributed by atoms with Gasteiger partial charge in [0.25, 0.3) is 5.91 Å². The van der Waals surface area contributed by atoms with Gasteiger partial charge in [0, 0.05) is 18.5 Å². The number of thiazole rings is 1. The van der Waals surface area contributed by atoms with Gasteiger partial charge in [-0.25, -0.2) is 4.98 Å². The van der Waals surface area contributed by atoms with Gasteiger partial charge in [0.1, 0.15) is 5.75 Å². The number of ether oxygens (including phenoxy) is 1. The number of para-hydroxylation sites is 2. The van der Waals surface area contributed by atoms with Gasteiger partial charge in [-0.15, -0.1) is 11.3 Å². The molecule has 5 heteroatoms. The zero-order valence-electron chi connectivity index (χ0n) is 15.3. The number of benzene rings is 3. The van der Waals surface area contributed by atoms with E-state index in [4.69, 9.17) is 4.74 Å². The Morgan fingerprint density at radius 3 is 2.54 bits per heavy atom. The van der Waals surface area contributed by atoms with Crippen LogP contribution in [0.5, 0.6) is 5.75 Å². The van der Waals surface area contributed by atoms with E-state index in [9.17, 15) is 4.79 Å². The molecule has 140 valence electrons. The molecule has 0 fully saturated rings. The summed E-state index contributed by atoms with van der Waals surface area (Å²) >= 11 is 1.67. The van der Waals surface area contributed by atoms with Crippen LogP contribution in [0.15, 0.2) is 78.9 Å². The molecule has 1 heterocycles. The van der Waals surface area contributed by atoms with Gasteiger partial charge in [0.05, 0.1) is 15.2 Å². The smallest absolute Gasteiger partial charge is 0.257 e. The van der Waals surface area contributed by atoms with E-state index >= 15 is 0 Å². The van der Waals surface area contributed by atoms with Gasteiger partial charge in [-0.3, -0.25) is 4.79 Å². The number of nitrogens with zero attached hydrogens (tertiary/aromatic N) is 1. The summed E-state index contributed by atoms with van der Waals surface area (Å²) in [6, 6.07) is 25.8. The Hall–Kier alpha value is -3.18. The fourth-order valence-electron chi connectivity index (χ4n) is 2.98. The summed E-state index contributed by atoms with van der Waals surface area (Å²) in [4.78, 5) is 16.8. The first-order chi connectivity index (χ1) is 13.8. The molecule has 0 aliphatic carbocycles. The average Bonchev–Trinajstić information content (AvgIpc) is 3.16. The van der Waals surface area contributed by atoms with Gasteiger partial charge in [-0.1, -0.05) is 60.7 Å². The normalized spacial score (nSPS) is 10.7. The van der Waals surface area contributed by atoms with E-state index in [-0.39, 0.29) is 12.5 Å². The minimum atomic E-state index is -0.135. The molecule has 0 saturated carbocycles. The second kappa shape index (κ2) is 8.67. The summed E-state index contributed by atoms with van der Waals surface area (Å²) in [5, 5.41) is 3.93. The maximum Gasteiger partial charge on any atom is 0.257 e. The van der Waals surface area contributed by atoms with Crippen molar-refractivity contribution in [2.45, 2.75) is 6.42 Å². The highest BCUT2D eigenvalue weighted by molar-refractivity contribution is 7.18. The van der Waals surface area contributed by atoms with Gasteiger partial charge in [-0.05, 0) is 23.8 Å². The quantitative estimate of drug-likeness (QED) is 0.499. The molecule has 3 aromatic carbocycles. The topological polar surface area (TPSA) is 51.2 Å². The van der Waals surface area contributed by atoms with Crippen LogP contribution in [0.1, 0.15) is 5.01 Å². The molecule has 0 aliphatic rings. The molecule has 28 heavy (non-hydrogen) atoms. The third-order valence-corrected chi connectivity index (χ3v) is 5.43. The minimum Gasteiger partial charge on any atom is -0.483 e. The Labute approximate surface area is 167 Å². The van der Waals surface area contributed by atoms with Gasteiger partial charge >= 0.3 is 0 Å². The molecule has 0 saturated heterocycles. The Kier molecular flexibility index (Phi) is 5.64. The zero-order valence-corrected chi connectivity index (χ0v) is 16.1. The minimum absolute atomic E-state index is 0.0102. The summed E-state index contributed by atoms with van der Waals surface area (Å²) in [5.41, 5.74) is 3.05. The predicted molar refractivity (Wildman–Crippen MR) is 114 cm³/mol. The number of rotatable bonds is 7. The fraction of sp³-hybridized carbons (Fsp3) is 0.130. The molecular formula is C23H20N2O2S. The molecule has 0 unspecified atom stereocenters. The molecule has 4 nitrogen and oxygen atoms in total. The Morgan fingerprint density at radius 2 is 1.68 bits per heavy atom. The zero-order chi connectivity index (χ0) is 19.2. The molecule has 0 bridgehead atoms. The van der Waals surface area contributed by atoms with Crippen LogP contribution in [-0.2, 0) is 11.2 Å². The summed E-state index contributed by atoms with van der Waals surface area (Å²) in [6.07, 6.45) is 0.714. The van der Waals surface area contributed by atoms with Crippen LogP contribution in [-0.4, -0.2) is 24.0 Å². The van der Waals surface area contributed by atoms with Crippen molar-refractivity contribution in [3.05, 3.63) is 83.9 Å². The molecule has 4 rings (SSSR count). The van der Waals surface area contributed by atoms with Crippen molar-refractivity contribution in [1.82, 2.24) is 10.3 Å². The molecule has 1 aromatic heterocycles. The second-order valence-electron chi connectivity index (χ2n) is 6.33. The van der Waals surface area contributed by atoms with E-state index in [0.29, 0.717) is 18.7 Å². The highest BCUT2D eigenvalue weighted by atomic mass is 32.1.